The number of sulfonamides is 1. The third kappa shape index (κ3) is 3.97. The van der Waals surface area contributed by atoms with Gasteiger partial charge in [-0.2, -0.15) is 4.31 Å². The van der Waals surface area contributed by atoms with Crippen molar-refractivity contribution < 1.29 is 12.8 Å². The maximum absolute atomic E-state index is 13.3. The second-order valence-corrected chi connectivity index (χ2v) is 7.89. The fourth-order valence-corrected chi connectivity index (χ4v) is 4.33. The number of hydrogen-bond donors (Lipinski definition) is 0. The van der Waals surface area contributed by atoms with Crippen LogP contribution in [-0.2, 0) is 23.1 Å². The molecule has 5 nitrogen and oxygen atoms in total. The molecule has 1 aromatic carbocycles. The van der Waals surface area contributed by atoms with Gasteiger partial charge in [0.15, 0.2) is 0 Å². The standard InChI is InChI=1S/C19H20N2O3S/c1-15-7-8-16(2)19(11-15)25(22,23)21(14-18-6-4-10-24-18)13-17-5-3-9-20-12-17/h3-12H,13-14H2,1-2H3. The number of benzene rings is 1. The number of hydrogen-bond acceptors (Lipinski definition) is 4. The Bertz CT molecular complexity index is 936. The zero-order valence-electron chi connectivity index (χ0n) is 14.2. The van der Waals surface area contributed by atoms with Crippen molar-refractivity contribution in [3.63, 3.8) is 0 Å². The third-order valence-corrected chi connectivity index (χ3v) is 5.89. The van der Waals surface area contributed by atoms with E-state index in [0.29, 0.717) is 10.7 Å². The fraction of sp³-hybridized carbons (Fsp3) is 0.211. The average Bonchev–Trinajstić information content (AvgIpc) is 3.10. The first-order chi connectivity index (χ1) is 12.0. The molecule has 0 bridgehead atoms. The van der Waals surface area contributed by atoms with Crippen LogP contribution in [0.15, 0.2) is 70.4 Å². The van der Waals surface area contributed by atoms with Crippen LogP contribution in [0, 0.1) is 13.8 Å². The van der Waals surface area contributed by atoms with Crippen molar-refractivity contribution >= 4 is 10.0 Å². The van der Waals surface area contributed by atoms with Crippen molar-refractivity contribution in [2.75, 3.05) is 0 Å². The Kier molecular flexibility index (Phi) is 5.01. The van der Waals surface area contributed by atoms with Gasteiger partial charge >= 0.3 is 0 Å². The minimum absolute atomic E-state index is 0.164. The molecule has 6 heteroatoms. The summed E-state index contributed by atoms with van der Waals surface area (Å²) in [4.78, 5) is 4.40. The molecule has 25 heavy (non-hydrogen) atoms. The summed E-state index contributed by atoms with van der Waals surface area (Å²) < 4.78 is 33.4. The van der Waals surface area contributed by atoms with Crippen molar-refractivity contribution in [3.05, 3.63) is 83.6 Å². The highest BCUT2D eigenvalue weighted by Gasteiger charge is 2.27. The molecule has 2 aromatic heterocycles. The van der Waals surface area contributed by atoms with E-state index in [1.807, 2.05) is 32.0 Å². The summed E-state index contributed by atoms with van der Waals surface area (Å²) in [6, 6.07) is 12.6. The van der Waals surface area contributed by atoms with Gasteiger partial charge in [0.1, 0.15) is 5.76 Å². The number of nitrogens with zero attached hydrogens (tertiary/aromatic N) is 2. The van der Waals surface area contributed by atoms with Gasteiger partial charge in [-0.1, -0.05) is 18.2 Å². The Morgan fingerprint density at radius 2 is 1.92 bits per heavy atom. The quantitative estimate of drug-likeness (QED) is 0.676. The lowest BCUT2D eigenvalue weighted by atomic mass is 10.2. The molecule has 0 N–H and O–H groups in total. The van der Waals surface area contributed by atoms with Gasteiger partial charge < -0.3 is 4.42 Å². The summed E-state index contributed by atoms with van der Waals surface area (Å²) >= 11 is 0. The molecular formula is C19H20N2O3S. The van der Waals surface area contributed by atoms with Gasteiger partial charge in [-0.25, -0.2) is 8.42 Å². The van der Waals surface area contributed by atoms with Crippen LogP contribution in [0.25, 0.3) is 0 Å². The molecule has 2 heterocycles. The van der Waals surface area contributed by atoms with E-state index < -0.39 is 10.0 Å². The van der Waals surface area contributed by atoms with Gasteiger partial charge in [-0.05, 0) is 54.8 Å². The molecule has 0 aliphatic heterocycles. The van der Waals surface area contributed by atoms with Crippen LogP contribution in [0.5, 0.6) is 0 Å². The van der Waals surface area contributed by atoms with Crippen LogP contribution in [0.2, 0.25) is 0 Å². The second-order valence-electron chi connectivity index (χ2n) is 5.98. The monoisotopic (exact) mass is 356 g/mol. The number of furan rings is 1. The van der Waals surface area contributed by atoms with E-state index >= 15 is 0 Å². The number of aromatic nitrogens is 1. The highest BCUT2D eigenvalue weighted by atomic mass is 32.2. The van der Waals surface area contributed by atoms with Crippen LogP contribution in [0.3, 0.4) is 0 Å². The topological polar surface area (TPSA) is 63.4 Å². The summed E-state index contributed by atoms with van der Waals surface area (Å²) in [5, 5.41) is 0. The Morgan fingerprint density at radius 3 is 2.60 bits per heavy atom. The van der Waals surface area contributed by atoms with Crippen LogP contribution in [0.4, 0.5) is 0 Å². The summed E-state index contributed by atoms with van der Waals surface area (Å²) in [6.45, 7) is 4.08. The fourth-order valence-electron chi connectivity index (χ4n) is 2.62. The molecule has 0 radical (unpaired) electrons. The summed E-state index contributed by atoms with van der Waals surface area (Å²) in [7, 11) is -3.68. The van der Waals surface area contributed by atoms with Gasteiger partial charge in [0.05, 0.1) is 17.7 Å². The summed E-state index contributed by atoms with van der Waals surface area (Å²) in [5.41, 5.74) is 2.45. The lowest BCUT2D eigenvalue weighted by Crippen LogP contribution is -2.30. The lowest BCUT2D eigenvalue weighted by Gasteiger charge is -2.22. The Hall–Kier alpha value is -2.44. The van der Waals surface area contributed by atoms with E-state index in [4.69, 9.17) is 4.42 Å². The number of pyridine rings is 1. The summed E-state index contributed by atoms with van der Waals surface area (Å²) in [6.07, 6.45) is 4.88. The maximum atomic E-state index is 13.3. The smallest absolute Gasteiger partial charge is 0.244 e. The van der Waals surface area contributed by atoms with Crippen molar-refractivity contribution in [1.82, 2.24) is 9.29 Å². The first-order valence-corrected chi connectivity index (χ1v) is 9.39. The van der Waals surface area contributed by atoms with E-state index in [2.05, 4.69) is 4.98 Å². The van der Waals surface area contributed by atoms with E-state index in [1.54, 1.807) is 42.9 Å². The van der Waals surface area contributed by atoms with E-state index in [-0.39, 0.29) is 13.1 Å². The molecular weight excluding hydrogens is 336 g/mol. The molecule has 0 unspecified atom stereocenters. The van der Waals surface area contributed by atoms with Crippen molar-refractivity contribution in [1.29, 1.82) is 0 Å². The number of rotatable bonds is 6. The first kappa shape index (κ1) is 17.4. The van der Waals surface area contributed by atoms with Crippen LogP contribution < -0.4 is 0 Å². The zero-order chi connectivity index (χ0) is 17.9. The van der Waals surface area contributed by atoms with Gasteiger partial charge in [0.25, 0.3) is 0 Å². The SMILES string of the molecule is Cc1ccc(C)c(S(=O)(=O)N(Cc2cccnc2)Cc2ccco2)c1. The van der Waals surface area contributed by atoms with Gasteiger partial charge in [0.2, 0.25) is 10.0 Å². The highest BCUT2D eigenvalue weighted by Crippen LogP contribution is 2.24. The van der Waals surface area contributed by atoms with Crippen LogP contribution >= 0.6 is 0 Å². The molecule has 3 aromatic rings. The van der Waals surface area contributed by atoms with Crippen molar-refractivity contribution in [3.8, 4) is 0 Å². The molecule has 0 aliphatic rings. The molecule has 3 rings (SSSR count). The van der Waals surface area contributed by atoms with Crippen molar-refractivity contribution in [2.24, 2.45) is 0 Å². The first-order valence-electron chi connectivity index (χ1n) is 7.95. The Labute approximate surface area is 148 Å². The molecule has 0 saturated carbocycles. The molecule has 130 valence electrons. The average molecular weight is 356 g/mol. The minimum Gasteiger partial charge on any atom is -0.468 e. The predicted molar refractivity (Wildman–Crippen MR) is 95.3 cm³/mol. The third-order valence-electron chi connectivity index (χ3n) is 3.96. The normalized spacial score (nSPS) is 11.8. The van der Waals surface area contributed by atoms with E-state index in [0.717, 1.165) is 16.7 Å². The zero-order valence-corrected chi connectivity index (χ0v) is 15.0. The maximum Gasteiger partial charge on any atom is 0.244 e. The minimum atomic E-state index is -3.68. The lowest BCUT2D eigenvalue weighted by molar-refractivity contribution is 0.358. The molecule has 0 saturated heterocycles. The number of aryl methyl sites for hydroxylation is 2. The van der Waals surface area contributed by atoms with Crippen LogP contribution in [0.1, 0.15) is 22.5 Å². The molecule has 0 amide bonds. The summed E-state index contributed by atoms with van der Waals surface area (Å²) in [5.74, 6) is 0.595. The largest absolute Gasteiger partial charge is 0.468 e. The second kappa shape index (κ2) is 7.21. The Balaban J connectivity index is 2.01. The highest BCUT2D eigenvalue weighted by molar-refractivity contribution is 7.89. The molecule has 0 atom stereocenters. The van der Waals surface area contributed by atoms with Gasteiger partial charge in [0, 0.05) is 18.9 Å². The van der Waals surface area contributed by atoms with Gasteiger partial charge in [-0.3, -0.25) is 4.98 Å². The van der Waals surface area contributed by atoms with E-state index in [1.165, 1.54) is 4.31 Å². The van der Waals surface area contributed by atoms with Crippen molar-refractivity contribution in [2.45, 2.75) is 31.8 Å². The van der Waals surface area contributed by atoms with Gasteiger partial charge in [-0.15, -0.1) is 0 Å². The molecule has 0 spiro atoms. The van der Waals surface area contributed by atoms with Crippen LogP contribution in [-0.4, -0.2) is 17.7 Å². The Morgan fingerprint density at radius 1 is 1.08 bits per heavy atom. The molecule has 0 aliphatic carbocycles. The molecule has 0 fully saturated rings. The predicted octanol–water partition coefficient (Wildman–Crippen LogP) is 3.68. The van der Waals surface area contributed by atoms with E-state index in [9.17, 15) is 8.42 Å².